The van der Waals surface area contributed by atoms with Crippen molar-refractivity contribution in [1.29, 1.82) is 0 Å². The minimum absolute atomic E-state index is 0.0668. The normalized spacial score (nSPS) is 11.0. The number of hydrazone groups is 1. The Balaban J connectivity index is 1.62. The molecule has 0 saturated carbocycles. The van der Waals surface area contributed by atoms with Crippen LogP contribution in [0.4, 0.5) is 11.5 Å². The van der Waals surface area contributed by atoms with Crippen molar-refractivity contribution in [3.63, 3.8) is 0 Å². The van der Waals surface area contributed by atoms with Crippen LogP contribution in [0.5, 0.6) is 0 Å². The zero-order valence-corrected chi connectivity index (χ0v) is 17.1. The molecule has 0 fully saturated rings. The van der Waals surface area contributed by atoms with Crippen molar-refractivity contribution in [2.24, 2.45) is 5.10 Å². The van der Waals surface area contributed by atoms with Crippen molar-refractivity contribution >= 4 is 34.6 Å². The molecular formula is C23H19N5O4. The Morgan fingerprint density at radius 2 is 2.06 bits per heavy atom. The first-order valence-electron chi connectivity index (χ1n) is 9.70. The number of fused-ring (bicyclic) bond motifs is 1. The van der Waals surface area contributed by atoms with Gasteiger partial charge in [0.05, 0.1) is 23.8 Å². The lowest BCUT2D eigenvalue weighted by molar-refractivity contribution is -0.384. The number of carbonyl (C=O) groups excluding carboxylic acids is 1. The van der Waals surface area contributed by atoms with Crippen LogP contribution in [0, 0.1) is 10.1 Å². The molecule has 9 heteroatoms. The topological polar surface area (TPSA) is 112 Å². The molecule has 0 radical (unpaired) electrons. The Bertz CT molecular complexity index is 1330. The number of aromatic nitrogens is 2. The summed E-state index contributed by atoms with van der Waals surface area (Å²) in [6.07, 6.45) is 4.99. The highest BCUT2D eigenvalue weighted by Crippen LogP contribution is 2.23. The van der Waals surface area contributed by atoms with Crippen LogP contribution < -0.4 is 5.43 Å². The highest BCUT2D eigenvalue weighted by atomic mass is 16.6. The summed E-state index contributed by atoms with van der Waals surface area (Å²) in [6.45, 7) is 0.540. The fraction of sp³-hybridized carbons (Fsp3) is 0.0870. The SMILES string of the molecule is COC(=O)c1cccc(Cn2cc(/C=N\Nc3ncccc3[N+](=O)[O-])c3ccccc32)c1. The first-order chi connectivity index (χ1) is 15.6. The Morgan fingerprint density at radius 3 is 2.88 bits per heavy atom. The number of para-hydroxylation sites is 1. The average Bonchev–Trinajstić information content (AvgIpc) is 3.16. The Labute approximate surface area is 183 Å². The van der Waals surface area contributed by atoms with Crippen molar-refractivity contribution in [2.45, 2.75) is 6.54 Å². The molecule has 160 valence electrons. The van der Waals surface area contributed by atoms with Gasteiger partial charge in [-0.25, -0.2) is 9.78 Å². The van der Waals surface area contributed by atoms with Crippen molar-refractivity contribution in [3.05, 3.63) is 99.9 Å². The molecule has 0 aliphatic heterocycles. The smallest absolute Gasteiger partial charge is 0.337 e. The van der Waals surface area contributed by atoms with Crippen LogP contribution in [0.3, 0.4) is 0 Å². The minimum atomic E-state index is -0.515. The van der Waals surface area contributed by atoms with Gasteiger partial charge in [-0.05, 0) is 29.8 Å². The van der Waals surface area contributed by atoms with E-state index in [1.165, 1.54) is 25.4 Å². The van der Waals surface area contributed by atoms with Gasteiger partial charge >= 0.3 is 11.7 Å². The number of nitrogens with one attached hydrogen (secondary N) is 1. The fourth-order valence-electron chi connectivity index (χ4n) is 3.41. The molecule has 0 amide bonds. The van der Waals surface area contributed by atoms with Gasteiger partial charge in [0.25, 0.3) is 0 Å². The number of nitrogens with zero attached hydrogens (tertiary/aromatic N) is 4. The second kappa shape index (κ2) is 9.09. The molecular weight excluding hydrogens is 410 g/mol. The molecule has 2 aromatic carbocycles. The predicted molar refractivity (Wildman–Crippen MR) is 121 cm³/mol. The molecule has 0 aliphatic rings. The quantitative estimate of drug-likeness (QED) is 0.204. The van der Waals surface area contributed by atoms with Gasteiger partial charge in [0.2, 0.25) is 5.82 Å². The van der Waals surface area contributed by atoms with Gasteiger partial charge in [0, 0.05) is 41.5 Å². The molecule has 0 bridgehead atoms. The van der Waals surface area contributed by atoms with Gasteiger partial charge < -0.3 is 9.30 Å². The second-order valence-corrected chi connectivity index (χ2v) is 6.92. The number of nitro groups is 1. The number of hydrogen-bond acceptors (Lipinski definition) is 7. The molecule has 4 rings (SSSR count). The summed E-state index contributed by atoms with van der Waals surface area (Å²) >= 11 is 0. The molecule has 2 heterocycles. The maximum Gasteiger partial charge on any atom is 0.337 e. The lowest BCUT2D eigenvalue weighted by atomic mass is 10.1. The first kappa shape index (κ1) is 20.7. The molecule has 0 atom stereocenters. The summed E-state index contributed by atoms with van der Waals surface area (Å²) in [5, 5.41) is 16.3. The number of esters is 1. The number of hydrogen-bond donors (Lipinski definition) is 1. The van der Waals surface area contributed by atoms with Gasteiger partial charge in [-0.2, -0.15) is 5.10 Å². The molecule has 0 spiro atoms. The van der Waals surface area contributed by atoms with E-state index in [4.69, 9.17) is 4.74 Å². The van der Waals surface area contributed by atoms with Crippen LogP contribution in [-0.4, -0.2) is 33.8 Å². The molecule has 1 N–H and O–H groups in total. The minimum Gasteiger partial charge on any atom is -0.465 e. The van der Waals surface area contributed by atoms with E-state index >= 15 is 0 Å². The summed E-state index contributed by atoms with van der Waals surface area (Å²) < 4.78 is 6.85. The molecule has 2 aromatic heterocycles. The van der Waals surface area contributed by atoms with Gasteiger partial charge in [-0.3, -0.25) is 15.5 Å². The maximum absolute atomic E-state index is 11.8. The standard InChI is InChI=1S/C23H19N5O4/c1-32-23(29)17-7-4-6-16(12-17)14-27-15-18(19-8-2-3-9-20(19)27)13-25-26-22-21(28(30)31)10-5-11-24-22/h2-13,15H,14H2,1H3,(H,24,26)/b25-13-. The molecule has 9 nitrogen and oxygen atoms in total. The number of methoxy groups -OCH3 is 1. The third-order valence-corrected chi connectivity index (χ3v) is 4.88. The molecule has 0 unspecified atom stereocenters. The van der Waals surface area contributed by atoms with Gasteiger partial charge in [-0.1, -0.05) is 30.3 Å². The van der Waals surface area contributed by atoms with E-state index in [0.717, 1.165) is 22.0 Å². The number of pyridine rings is 1. The van der Waals surface area contributed by atoms with E-state index in [1.807, 2.05) is 42.6 Å². The lowest BCUT2D eigenvalue weighted by Gasteiger charge is -2.07. The lowest BCUT2D eigenvalue weighted by Crippen LogP contribution is -2.03. The second-order valence-electron chi connectivity index (χ2n) is 6.92. The monoisotopic (exact) mass is 429 g/mol. The zero-order chi connectivity index (χ0) is 22.5. The van der Waals surface area contributed by atoms with Crippen molar-refractivity contribution in [2.75, 3.05) is 12.5 Å². The molecule has 0 saturated heterocycles. The Morgan fingerprint density at radius 1 is 1.22 bits per heavy atom. The highest BCUT2D eigenvalue weighted by Gasteiger charge is 2.13. The summed E-state index contributed by atoms with van der Waals surface area (Å²) in [7, 11) is 1.35. The van der Waals surface area contributed by atoms with Crippen LogP contribution in [0.2, 0.25) is 0 Å². The first-order valence-corrected chi connectivity index (χ1v) is 9.70. The summed E-state index contributed by atoms with van der Waals surface area (Å²) in [5.74, 6) is -0.316. The van der Waals surface area contributed by atoms with Gasteiger partial charge in [0.1, 0.15) is 0 Å². The van der Waals surface area contributed by atoms with Crippen LogP contribution in [0.15, 0.2) is 78.2 Å². The number of rotatable bonds is 7. The largest absolute Gasteiger partial charge is 0.465 e. The number of ether oxygens (including phenoxy) is 1. The van der Waals surface area contributed by atoms with E-state index in [1.54, 1.807) is 18.3 Å². The van der Waals surface area contributed by atoms with Gasteiger partial charge in [-0.15, -0.1) is 0 Å². The molecule has 32 heavy (non-hydrogen) atoms. The number of benzene rings is 2. The highest BCUT2D eigenvalue weighted by molar-refractivity contribution is 5.99. The molecule has 0 aliphatic carbocycles. The fourth-order valence-corrected chi connectivity index (χ4v) is 3.41. The van der Waals surface area contributed by atoms with Crippen LogP contribution in [0.25, 0.3) is 10.9 Å². The zero-order valence-electron chi connectivity index (χ0n) is 17.1. The summed E-state index contributed by atoms with van der Waals surface area (Å²) in [6, 6.07) is 18.0. The predicted octanol–water partition coefficient (Wildman–Crippen LogP) is 4.23. The maximum atomic E-state index is 11.8. The van der Waals surface area contributed by atoms with E-state index in [0.29, 0.717) is 12.1 Å². The van der Waals surface area contributed by atoms with E-state index in [-0.39, 0.29) is 17.5 Å². The number of anilines is 1. The third kappa shape index (κ3) is 4.31. The van der Waals surface area contributed by atoms with Crippen LogP contribution in [0.1, 0.15) is 21.5 Å². The Hall–Kier alpha value is -4.53. The van der Waals surface area contributed by atoms with E-state index in [2.05, 4.69) is 20.1 Å². The van der Waals surface area contributed by atoms with Crippen LogP contribution in [-0.2, 0) is 11.3 Å². The van der Waals surface area contributed by atoms with Gasteiger partial charge in [0.15, 0.2) is 0 Å². The molecule has 4 aromatic rings. The van der Waals surface area contributed by atoms with E-state index in [9.17, 15) is 14.9 Å². The third-order valence-electron chi connectivity index (χ3n) is 4.88. The summed E-state index contributed by atoms with van der Waals surface area (Å²) in [4.78, 5) is 26.4. The van der Waals surface area contributed by atoms with E-state index < -0.39 is 4.92 Å². The van der Waals surface area contributed by atoms with Crippen LogP contribution >= 0.6 is 0 Å². The van der Waals surface area contributed by atoms with Crippen molar-refractivity contribution in [1.82, 2.24) is 9.55 Å². The summed E-state index contributed by atoms with van der Waals surface area (Å²) in [5.41, 5.74) is 5.74. The average molecular weight is 429 g/mol. The Kier molecular flexibility index (Phi) is 5.89. The number of carbonyl (C=O) groups is 1. The van der Waals surface area contributed by atoms with Crippen molar-refractivity contribution in [3.8, 4) is 0 Å². The van der Waals surface area contributed by atoms with Crippen molar-refractivity contribution < 1.29 is 14.5 Å².